The van der Waals surface area contributed by atoms with Gasteiger partial charge in [0.05, 0.1) is 0 Å². The van der Waals surface area contributed by atoms with Crippen LogP contribution in [0.2, 0.25) is 0 Å². The summed E-state index contributed by atoms with van der Waals surface area (Å²) in [4.78, 5) is 11.6. The number of ketones is 1. The van der Waals surface area contributed by atoms with E-state index in [2.05, 4.69) is 12.3 Å². The van der Waals surface area contributed by atoms with Crippen LogP contribution in [0.4, 0.5) is 0 Å². The molecule has 0 amide bonds. The molecule has 2 aromatic heterocycles. The minimum absolute atomic E-state index is 0.218. The highest BCUT2D eigenvalue weighted by Crippen LogP contribution is 2.10. The molecule has 3 heteroatoms. The molecule has 0 aliphatic carbocycles. The SMILES string of the molecule is Cc1ccc(CCC(=O)CCc2cc#co2)o1. The molecule has 0 atom stereocenters. The van der Waals surface area contributed by atoms with Gasteiger partial charge in [-0.15, -0.1) is 0 Å². The smallest absolute Gasteiger partial charge is 0.133 e. The van der Waals surface area contributed by atoms with Crippen molar-refractivity contribution in [1.29, 1.82) is 0 Å². The molecule has 88 valence electrons. The van der Waals surface area contributed by atoms with E-state index in [0.717, 1.165) is 17.3 Å². The molecule has 0 spiro atoms. The van der Waals surface area contributed by atoms with E-state index in [1.165, 1.54) is 0 Å². The number of rotatable bonds is 6. The third-order valence-electron chi connectivity index (χ3n) is 2.57. The average molecular weight is 230 g/mol. The maximum absolute atomic E-state index is 11.6. The maximum Gasteiger partial charge on any atom is 0.133 e. The number of hydrogen-bond donors (Lipinski definition) is 0. The number of carbonyl (C=O) groups excluding carboxylic acids is 1. The lowest BCUT2D eigenvalue weighted by atomic mass is 10.1. The molecule has 0 bridgehead atoms. The number of Topliss-reactive ketones (excluding diaryl/α,β-unsaturated/α-hetero) is 1. The Morgan fingerprint density at radius 3 is 2.59 bits per heavy atom. The molecule has 0 saturated heterocycles. The molecule has 0 aliphatic heterocycles. The summed E-state index contributed by atoms with van der Waals surface area (Å²) in [5, 5.41) is 0. The Kier molecular flexibility index (Phi) is 3.66. The van der Waals surface area contributed by atoms with Crippen LogP contribution in [0.15, 0.2) is 27.0 Å². The van der Waals surface area contributed by atoms with Gasteiger partial charge in [0, 0.05) is 31.7 Å². The first-order chi connectivity index (χ1) is 8.24. The van der Waals surface area contributed by atoms with Crippen molar-refractivity contribution in [2.24, 2.45) is 0 Å². The summed E-state index contributed by atoms with van der Waals surface area (Å²) in [6.07, 6.45) is 4.79. The van der Waals surface area contributed by atoms with Gasteiger partial charge in [0.25, 0.3) is 0 Å². The van der Waals surface area contributed by atoms with Crippen LogP contribution in [-0.4, -0.2) is 5.78 Å². The van der Waals surface area contributed by atoms with E-state index < -0.39 is 0 Å². The van der Waals surface area contributed by atoms with E-state index in [1.54, 1.807) is 6.07 Å². The number of furan rings is 1. The van der Waals surface area contributed by atoms with Crippen LogP contribution in [0, 0.1) is 19.3 Å². The van der Waals surface area contributed by atoms with Crippen molar-refractivity contribution in [2.45, 2.75) is 32.6 Å². The van der Waals surface area contributed by atoms with Crippen LogP contribution < -0.4 is 0 Å². The molecule has 0 fully saturated rings. The Labute approximate surface area is 100 Å². The summed E-state index contributed by atoms with van der Waals surface area (Å²) in [7, 11) is 0. The molecule has 0 N–H and O–H groups in total. The Hall–Kier alpha value is -1.95. The lowest BCUT2D eigenvalue weighted by molar-refractivity contribution is -0.119. The Balaban J connectivity index is 1.71. The van der Waals surface area contributed by atoms with Gasteiger partial charge in [-0.25, -0.2) is 0 Å². The molecule has 2 rings (SSSR count). The van der Waals surface area contributed by atoms with Gasteiger partial charge < -0.3 is 8.83 Å². The molecule has 0 aliphatic rings. The summed E-state index contributed by atoms with van der Waals surface area (Å²) in [6.45, 7) is 1.90. The van der Waals surface area contributed by atoms with Gasteiger partial charge in [-0.3, -0.25) is 4.79 Å². The monoisotopic (exact) mass is 230 g/mol. The minimum Gasteiger partial charge on any atom is -0.466 e. The van der Waals surface area contributed by atoms with Gasteiger partial charge in [-0.05, 0) is 25.1 Å². The van der Waals surface area contributed by atoms with Gasteiger partial charge in [0.1, 0.15) is 29.3 Å². The normalized spacial score (nSPS) is 10.2. The van der Waals surface area contributed by atoms with Crippen LogP contribution >= 0.6 is 0 Å². The quantitative estimate of drug-likeness (QED) is 0.766. The minimum atomic E-state index is 0.218. The number of hydrogen-bond acceptors (Lipinski definition) is 3. The third-order valence-corrected chi connectivity index (χ3v) is 2.57. The lowest BCUT2D eigenvalue weighted by Gasteiger charge is -1.97. The van der Waals surface area contributed by atoms with Crippen molar-refractivity contribution in [3.8, 4) is 0 Å². The molecule has 0 unspecified atom stereocenters. The van der Waals surface area contributed by atoms with Crippen LogP contribution in [0.25, 0.3) is 0 Å². The zero-order valence-electron chi connectivity index (χ0n) is 9.79. The van der Waals surface area contributed by atoms with Gasteiger partial charge in [0.15, 0.2) is 0 Å². The Bertz CT molecular complexity index is 465. The number of carbonyl (C=O) groups is 1. The highest BCUT2D eigenvalue weighted by molar-refractivity contribution is 5.78. The molecule has 3 nitrogen and oxygen atoms in total. The van der Waals surface area contributed by atoms with Crippen molar-refractivity contribution in [2.75, 3.05) is 0 Å². The largest absolute Gasteiger partial charge is 0.466 e. The van der Waals surface area contributed by atoms with Crippen molar-refractivity contribution in [3.63, 3.8) is 0 Å². The van der Waals surface area contributed by atoms with E-state index in [9.17, 15) is 4.79 Å². The first-order valence-electron chi connectivity index (χ1n) is 5.67. The van der Waals surface area contributed by atoms with Gasteiger partial charge in [-0.2, -0.15) is 0 Å². The van der Waals surface area contributed by atoms with Crippen molar-refractivity contribution in [3.05, 3.63) is 47.8 Å². The fourth-order valence-electron chi connectivity index (χ4n) is 1.63. The fraction of sp³-hybridized carbons (Fsp3) is 0.357. The predicted octanol–water partition coefficient (Wildman–Crippen LogP) is 2.92. The zero-order chi connectivity index (χ0) is 12.1. The summed E-state index contributed by atoms with van der Waals surface area (Å²) in [5.41, 5.74) is 0. The zero-order valence-corrected chi connectivity index (χ0v) is 9.79. The second-order valence-corrected chi connectivity index (χ2v) is 4.01. The third kappa shape index (κ3) is 3.53. The summed E-state index contributed by atoms with van der Waals surface area (Å²) in [6, 6.07) is 8.23. The van der Waals surface area contributed by atoms with Crippen LogP contribution in [0.5, 0.6) is 0 Å². The van der Waals surface area contributed by atoms with Crippen LogP contribution in [-0.2, 0) is 17.6 Å². The second-order valence-electron chi connectivity index (χ2n) is 4.01. The van der Waals surface area contributed by atoms with Crippen molar-refractivity contribution >= 4 is 5.78 Å². The van der Waals surface area contributed by atoms with Gasteiger partial charge in [-0.1, -0.05) is 0 Å². The predicted molar refractivity (Wildman–Crippen MR) is 61.5 cm³/mol. The van der Waals surface area contributed by atoms with E-state index in [-0.39, 0.29) is 5.78 Å². The molecule has 0 radical (unpaired) electrons. The fourth-order valence-corrected chi connectivity index (χ4v) is 1.63. The molecule has 2 aromatic rings. The van der Waals surface area contributed by atoms with Crippen LogP contribution in [0.3, 0.4) is 0 Å². The number of aryl methyl sites for hydroxylation is 3. The lowest BCUT2D eigenvalue weighted by Crippen LogP contribution is -2.01. The molecular formula is C14H14O3. The summed E-state index contributed by atoms with van der Waals surface area (Å²) < 4.78 is 10.4. The van der Waals surface area contributed by atoms with E-state index >= 15 is 0 Å². The molecule has 0 aromatic carbocycles. The summed E-state index contributed by atoms with van der Waals surface area (Å²) in [5.74, 6) is 2.73. The van der Waals surface area contributed by atoms with E-state index in [0.29, 0.717) is 25.7 Å². The topological polar surface area (TPSA) is 43.4 Å². The molecule has 2 heterocycles. The van der Waals surface area contributed by atoms with E-state index in [4.69, 9.17) is 8.83 Å². The highest BCUT2D eigenvalue weighted by Gasteiger charge is 2.06. The average Bonchev–Trinajstić information content (AvgIpc) is 2.95. The molecule has 17 heavy (non-hydrogen) atoms. The first-order valence-corrected chi connectivity index (χ1v) is 5.67. The van der Waals surface area contributed by atoms with Gasteiger partial charge in [0.2, 0.25) is 0 Å². The van der Waals surface area contributed by atoms with Crippen LogP contribution in [0.1, 0.15) is 30.1 Å². The summed E-state index contributed by atoms with van der Waals surface area (Å²) >= 11 is 0. The second kappa shape index (κ2) is 5.40. The van der Waals surface area contributed by atoms with Crippen molar-refractivity contribution < 1.29 is 13.6 Å². The van der Waals surface area contributed by atoms with Crippen molar-refractivity contribution in [1.82, 2.24) is 0 Å². The van der Waals surface area contributed by atoms with E-state index in [1.807, 2.05) is 19.1 Å². The molecule has 0 saturated carbocycles. The Morgan fingerprint density at radius 1 is 1.24 bits per heavy atom. The highest BCUT2D eigenvalue weighted by atomic mass is 16.3. The standard InChI is InChI=1S/C14H14O3/c1-11-4-7-14(17-11)9-6-12(15)5-8-13-3-2-10-16-13/h3-4,7H,5-6,8-9H2,1H3. The Morgan fingerprint density at radius 2 is 2.00 bits per heavy atom. The molecular weight excluding hydrogens is 216 g/mol. The first kappa shape index (κ1) is 11.5. The van der Waals surface area contributed by atoms with Gasteiger partial charge >= 0.3 is 0 Å². The maximum atomic E-state index is 11.6.